The summed E-state index contributed by atoms with van der Waals surface area (Å²) in [5, 5.41) is 0. The summed E-state index contributed by atoms with van der Waals surface area (Å²) in [5.74, 6) is -1.19. The number of aromatic nitrogens is 3. The van der Waals surface area contributed by atoms with Crippen molar-refractivity contribution in [2.24, 2.45) is 0 Å². The molecule has 0 spiro atoms. The standard InChI is InChI=1S/C20H24F2N4O3S/c1-12-13(2)24-20(23)18-19(12)26(17(25-18)7-9-29-3)8-4-10-30(27,28)16-6-5-14(21)11-15(16)22/h5-6,11H,4,7-10H2,1-3H3,(H2,23,24). The summed E-state index contributed by atoms with van der Waals surface area (Å²) in [4.78, 5) is 8.41. The number of imidazole rings is 1. The van der Waals surface area contributed by atoms with Gasteiger partial charge in [0.05, 0.1) is 17.9 Å². The fourth-order valence-electron chi connectivity index (χ4n) is 3.42. The van der Waals surface area contributed by atoms with Gasteiger partial charge in [0.15, 0.2) is 15.7 Å². The number of halogens is 2. The number of pyridine rings is 1. The minimum atomic E-state index is -3.91. The third kappa shape index (κ3) is 4.29. The fraction of sp³-hybridized carbons (Fsp3) is 0.400. The number of ether oxygens (including phenoxy) is 1. The van der Waals surface area contributed by atoms with Gasteiger partial charge in [-0.15, -0.1) is 0 Å². The highest BCUT2D eigenvalue weighted by Crippen LogP contribution is 2.27. The number of rotatable bonds is 8. The van der Waals surface area contributed by atoms with Crippen LogP contribution in [0.4, 0.5) is 14.6 Å². The highest BCUT2D eigenvalue weighted by molar-refractivity contribution is 7.91. The Balaban J connectivity index is 1.91. The molecule has 3 aromatic rings. The molecule has 0 atom stereocenters. The summed E-state index contributed by atoms with van der Waals surface area (Å²) in [6.45, 7) is 4.53. The van der Waals surface area contributed by atoms with Crippen LogP contribution in [0, 0.1) is 25.5 Å². The van der Waals surface area contributed by atoms with Crippen LogP contribution in [0.15, 0.2) is 23.1 Å². The molecule has 2 heterocycles. The Labute approximate surface area is 173 Å². The highest BCUT2D eigenvalue weighted by atomic mass is 32.2. The lowest BCUT2D eigenvalue weighted by Gasteiger charge is -2.12. The van der Waals surface area contributed by atoms with Gasteiger partial charge in [-0.2, -0.15) is 0 Å². The number of hydrogen-bond donors (Lipinski definition) is 1. The molecule has 3 rings (SSSR count). The van der Waals surface area contributed by atoms with Crippen LogP contribution < -0.4 is 5.73 Å². The molecule has 0 radical (unpaired) electrons. The molecule has 0 aliphatic rings. The first-order valence-electron chi connectivity index (χ1n) is 9.44. The maximum absolute atomic E-state index is 13.9. The minimum absolute atomic E-state index is 0.214. The van der Waals surface area contributed by atoms with Crippen LogP contribution in [0.1, 0.15) is 23.5 Å². The Kier molecular flexibility index (Phi) is 6.37. The van der Waals surface area contributed by atoms with Crippen LogP contribution in [0.25, 0.3) is 11.0 Å². The number of nitrogens with zero attached hydrogens (tertiary/aromatic N) is 3. The second kappa shape index (κ2) is 8.65. The summed E-state index contributed by atoms with van der Waals surface area (Å²) in [6, 6.07) is 2.46. The minimum Gasteiger partial charge on any atom is -0.384 e. The van der Waals surface area contributed by atoms with Crippen LogP contribution in [-0.4, -0.2) is 42.4 Å². The lowest BCUT2D eigenvalue weighted by Crippen LogP contribution is -2.14. The van der Waals surface area contributed by atoms with Crippen LogP contribution >= 0.6 is 0 Å². The molecule has 7 nitrogen and oxygen atoms in total. The number of hydrogen-bond acceptors (Lipinski definition) is 6. The third-order valence-corrected chi connectivity index (χ3v) is 6.86. The predicted octanol–water partition coefficient (Wildman–Crippen LogP) is 2.96. The average Bonchev–Trinajstić information content (AvgIpc) is 3.03. The van der Waals surface area contributed by atoms with Gasteiger partial charge < -0.3 is 15.0 Å². The Morgan fingerprint density at radius 2 is 1.93 bits per heavy atom. The quantitative estimate of drug-likeness (QED) is 0.543. The van der Waals surface area contributed by atoms with Crippen LogP contribution in [-0.2, 0) is 27.5 Å². The molecule has 0 amide bonds. The smallest absolute Gasteiger partial charge is 0.181 e. The Bertz CT molecular complexity index is 1190. The first kappa shape index (κ1) is 22.1. The Morgan fingerprint density at radius 1 is 1.20 bits per heavy atom. The molecule has 0 unspecified atom stereocenters. The summed E-state index contributed by atoms with van der Waals surface area (Å²) in [7, 11) is -2.32. The topological polar surface area (TPSA) is 100 Å². The molecule has 0 aliphatic carbocycles. The van der Waals surface area contributed by atoms with E-state index < -0.39 is 26.4 Å². The van der Waals surface area contributed by atoms with Crippen molar-refractivity contribution < 1.29 is 21.9 Å². The van der Waals surface area contributed by atoms with Crippen molar-refractivity contribution in [1.82, 2.24) is 14.5 Å². The molecule has 30 heavy (non-hydrogen) atoms. The van der Waals surface area contributed by atoms with E-state index in [1.54, 1.807) is 7.11 Å². The Morgan fingerprint density at radius 3 is 2.60 bits per heavy atom. The van der Waals surface area contributed by atoms with Gasteiger partial charge in [0.1, 0.15) is 27.9 Å². The maximum Gasteiger partial charge on any atom is 0.181 e. The predicted molar refractivity (Wildman–Crippen MR) is 110 cm³/mol. The lowest BCUT2D eigenvalue weighted by molar-refractivity contribution is 0.199. The van der Waals surface area contributed by atoms with Crippen molar-refractivity contribution in [3.63, 3.8) is 0 Å². The summed E-state index contributed by atoms with van der Waals surface area (Å²) in [5.41, 5.74) is 9.09. The summed E-state index contributed by atoms with van der Waals surface area (Å²) < 4.78 is 59.2. The summed E-state index contributed by atoms with van der Waals surface area (Å²) in [6.07, 6.45) is 0.730. The van der Waals surface area contributed by atoms with E-state index in [4.69, 9.17) is 10.5 Å². The van der Waals surface area contributed by atoms with E-state index >= 15 is 0 Å². The average molecular weight is 439 g/mol. The number of aryl methyl sites for hydroxylation is 3. The van der Waals surface area contributed by atoms with Crippen molar-refractivity contribution in [2.45, 2.75) is 38.1 Å². The van der Waals surface area contributed by atoms with E-state index in [0.29, 0.717) is 42.8 Å². The van der Waals surface area contributed by atoms with E-state index in [1.807, 2.05) is 18.4 Å². The molecule has 10 heteroatoms. The molecule has 0 fully saturated rings. The van der Waals surface area contributed by atoms with E-state index in [-0.39, 0.29) is 12.2 Å². The molecule has 2 N–H and O–H groups in total. The molecular weight excluding hydrogens is 414 g/mol. The number of anilines is 1. The monoisotopic (exact) mass is 438 g/mol. The zero-order chi connectivity index (χ0) is 22.1. The van der Waals surface area contributed by atoms with Crippen LogP contribution in [0.3, 0.4) is 0 Å². The number of benzene rings is 1. The Hall–Kier alpha value is -2.59. The van der Waals surface area contributed by atoms with Crippen molar-refractivity contribution in [3.8, 4) is 0 Å². The van der Waals surface area contributed by atoms with Crippen molar-refractivity contribution in [3.05, 3.63) is 46.9 Å². The van der Waals surface area contributed by atoms with Crippen molar-refractivity contribution >= 4 is 26.7 Å². The molecule has 0 aliphatic heterocycles. The SMILES string of the molecule is COCCc1nc2c(N)nc(C)c(C)c2n1CCCS(=O)(=O)c1ccc(F)cc1F. The fourth-order valence-corrected chi connectivity index (χ4v) is 4.78. The number of nitrogens with two attached hydrogens (primary N) is 1. The van der Waals surface area contributed by atoms with E-state index in [1.165, 1.54) is 0 Å². The van der Waals surface area contributed by atoms with E-state index in [9.17, 15) is 17.2 Å². The van der Waals surface area contributed by atoms with E-state index in [0.717, 1.165) is 28.9 Å². The highest BCUT2D eigenvalue weighted by Gasteiger charge is 2.21. The number of sulfone groups is 1. The largest absolute Gasteiger partial charge is 0.384 e. The van der Waals surface area contributed by atoms with Crippen LogP contribution in [0.2, 0.25) is 0 Å². The number of nitrogen functional groups attached to an aromatic ring is 1. The zero-order valence-corrected chi connectivity index (χ0v) is 17.9. The van der Waals surface area contributed by atoms with Crippen molar-refractivity contribution in [2.75, 3.05) is 25.2 Å². The van der Waals surface area contributed by atoms with Crippen molar-refractivity contribution in [1.29, 1.82) is 0 Å². The third-order valence-electron chi connectivity index (χ3n) is 5.03. The normalized spacial score (nSPS) is 12.0. The molecule has 0 saturated heterocycles. The molecule has 1 aromatic carbocycles. The zero-order valence-electron chi connectivity index (χ0n) is 17.1. The maximum atomic E-state index is 13.9. The van der Waals surface area contributed by atoms with Gasteiger partial charge in [-0.3, -0.25) is 0 Å². The van der Waals surface area contributed by atoms with Gasteiger partial charge in [0, 0.05) is 31.8 Å². The molecular formula is C20H24F2N4O3S. The van der Waals surface area contributed by atoms with Gasteiger partial charge in [-0.1, -0.05) is 0 Å². The lowest BCUT2D eigenvalue weighted by atomic mass is 10.2. The molecule has 2 aromatic heterocycles. The first-order chi connectivity index (χ1) is 14.2. The van der Waals surface area contributed by atoms with Gasteiger partial charge in [0.25, 0.3) is 0 Å². The van der Waals surface area contributed by atoms with E-state index in [2.05, 4.69) is 9.97 Å². The molecule has 162 valence electrons. The number of fused-ring (bicyclic) bond motifs is 1. The van der Waals surface area contributed by atoms with Gasteiger partial charge in [-0.05, 0) is 38.0 Å². The van der Waals surface area contributed by atoms with Gasteiger partial charge in [-0.25, -0.2) is 27.2 Å². The van der Waals surface area contributed by atoms with Gasteiger partial charge >= 0.3 is 0 Å². The molecule has 0 saturated carbocycles. The van der Waals surface area contributed by atoms with Gasteiger partial charge in [0.2, 0.25) is 0 Å². The summed E-state index contributed by atoms with van der Waals surface area (Å²) >= 11 is 0. The number of methoxy groups -OCH3 is 1. The second-order valence-corrected chi connectivity index (χ2v) is 9.15. The first-order valence-corrected chi connectivity index (χ1v) is 11.1. The van der Waals surface area contributed by atoms with Crippen LogP contribution in [0.5, 0.6) is 0 Å². The molecule has 0 bridgehead atoms. The second-order valence-electron chi connectivity index (χ2n) is 7.07.